The number of hydrogen-bond donors (Lipinski definition) is 2. The number of aliphatic hydroxyl groups excluding tert-OH is 1. The highest BCUT2D eigenvalue weighted by Crippen LogP contribution is 2.32. The lowest BCUT2D eigenvalue weighted by molar-refractivity contribution is 0.0597. The molecule has 0 amide bonds. The molecule has 1 aromatic carbocycles. The van der Waals surface area contributed by atoms with Gasteiger partial charge in [-0.15, -0.1) is 0 Å². The fourth-order valence-corrected chi connectivity index (χ4v) is 2.68. The largest absolute Gasteiger partial charge is 0.398 e. The predicted molar refractivity (Wildman–Crippen MR) is 70.8 cm³/mol. The van der Waals surface area contributed by atoms with Crippen LogP contribution in [0.15, 0.2) is 18.2 Å². The zero-order chi connectivity index (χ0) is 12.4. The number of hydrogen-bond acceptors (Lipinski definition) is 3. The van der Waals surface area contributed by atoms with Gasteiger partial charge >= 0.3 is 0 Å². The van der Waals surface area contributed by atoms with Crippen LogP contribution in [0, 0.1) is 12.8 Å². The van der Waals surface area contributed by atoms with Gasteiger partial charge < -0.3 is 15.7 Å². The van der Waals surface area contributed by atoms with Gasteiger partial charge in [0.15, 0.2) is 0 Å². The molecule has 3 heteroatoms. The summed E-state index contributed by atoms with van der Waals surface area (Å²) >= 11 is 0. The van der Waals surface area contributed by atoms with E-state index in [0.29, 0.717) is 11.6 Å². The molecule has 0 spiro atoms. The van der Waals surface area contributed by atoms with Crippen molar-refractivity contribution in [1.82, 2.24) is 4.90 Å². The summed E-state index contributed by atoms with van der Waals surface area (Å²) in [6, 6.07) is 5.91. The third-order valence-electron chi connectivity index (χ3n) is 3.67. The van der Waals surface area contributed by atoms with Crippen molar-refractivity contribution in [1.29, 1.82) is 0 Å². The molecule has 3 nitrogen and oxygen atoms in total. The first-order valence-corrected chi connectivity index (χ1v) is 6.30. The summed E-state index contributed by atoms with van der Waals surface area (Å²) in [7, 11) is 2.11. The summed E-state index contributed by atoms with van der Waals surface area (Å²) in [6.45, 7) is 4.10. The smallest absolute Gasteiger partial charge is 0.0850 e. The summed E-state index contributed by atoms with van der Waals surface area (Å²) in [5.74, 6) is 0.304. The van der Waals surface area contributed by atoms with Gasteiger partial charge in [0.25, 0.3) is 0 Å². The Labute approximate surface area is 103 Å². The second kappa shape index (κ2) is 5.07. The van der Waals surface area contributed by atoms with E-state index in [2.05, 4.69) is 11.9 Å². The minimum atomic E-state index is -0.432. The van der Waals surface area contributed by atoms with Crippen LogP contribution in [0.4, 0.5) is 5.69 Å². The molecule has 1 aliphatic heterocycles. The number of piperidine rings is 1. The highest BCUT2D eigenvalue weighted by Gasteiger charge is 2.26. The lowest BCUT2D eigenvalue weighted by atomic mass is 9.88. The van der Waals surface area contributed by atoms with E-state index in [9.17, 15) is 5.11 Å². The first-order valence-electron chi connectivity index (χ1n) is 6.30. The maximum absolute atomic E-state index is 10.4. The average Bonchev–Trinajstić information content (AvgIpc) is 2.28. The van der Waals surface area contributed by atoms with Crippen LogP contribution in [0.25, 0.3) is 0 Å². The number of aryl methyl sites for hydroxylation is 1. The minimum absolute atomic E-state index is 0.304. The second-order valence-corrected chi connectivity index (χ2v) is 5.24. The molecule has 1 fully saturated rings. The monoisotopic (exact) mass is 234 g/mol. The van der Waals surface area contributed by atoms with Crippen LogP contribution in [-0.2, 0) is 0 Å². The molecule has 0 bridgehead atoms. The van der Waals surface area contributed by atoms with Gasteiger partial charge in [0.05, 0.1) is 6.10 Å². The molecule has 17 heavy (non-hydrogen) atoms. The van der Waals surface area contributed by atoms with Crippen molar-refractivity contribution in [2.75, 3.05) is 25.9 Å². The van der Waals surface area contributed by atoms with Gasteiger partial charge in [-0.2, -0.15) is 0 Å². The van der Waals surface area contributed by atoms with Crippen LogP contribution in [-0.4, -0.2) is 30.1 Å². The first-order chi connectivity index (χ1) is 8.08. The Balaban J connectivity index is 2.15. The number of anilines is 1. The molecule has 0 radical (unpaired) electrons. The molecule has 2 unspecified atom stereocenters. The fraction of sp³-hybridized carbons (Fsp3) is 0.571. The van der Waals surface area contributed by atoms with Crippen molar-refractivity contribution in [2.24, 2.45) is 5.92 Å². The van der Waals surface area contributed by atoms with Crippen LogP contribution in [0.1, 0.15) is 30.1 Å². The van der Waals surface area contributed by atoms with Gasteiger partial charge in [-0.05, 0) is 45.0 Å². The number of benzene rings is 1. The molecule has 2 rings (SSSR count). The minimum Gasteiger partial charge on any atom is -0.398 e. The van der Waals surface area contributed by atoms with Crippen molar-refractivity contribution in [3.63, 3.8) is 0 Å². The second-order valence-electron chi connectivity index (χ2n) is 5.24. The molecule has 1 saturated heterocycles. The number of nitrogens with zero attached hydrogens (tertiary/aromatic N) is 1. The Bertz CT molecular complexity index is 392. The van der Waals surface area contributed by atoms with E-state index in [4.69, 9.17) is 5.73 Å². The van der Waals surface area contributed by atoms with E-state index < -0.39 is 6.10 Å². The molecule has 1 heterocycles. The summed E-state index contributed by atoms with van der Waals surface area (Å²) < 4.78 is 0. The summed E-state index contributed by atoms with van der Waals surface area (Å²) in [5, 5.41) is 10.4. The Kier molecular flexibility index (Phi) is 3.69. The lowest BCUT2D eigenvalue weighted by Crippen LogP contribution is -2.35. The number of nitrogen functional groups attached to an aromatic ring is 1. The highest BCUT2D eigenvalue weighted by molar-refractivity contribution is 5.50. The lowest BCUT2D eigenvalue weighted by Gasteiger charge is -2.33. The zero-order valence-electron chi connectivity index (χ0n) is 10.7. The van der Waals surface area contributed by atoms with E-state index in [1.54, 1.807) is 0 Å². The summed E-state index contributed by atoms with van der Waals surface area (Å²) in [4.78, 5) is 2.28. The Hall–Kier alpha value is -1.06. The van der Waals surface area contributed by atoms with Crippen LogP contribution >= 0.6 is 0 Å². The van der Waals surface area contributed by atoms with E-state index in [1.165, 1.54) is 0 Å². The predicted octanol–water partition coefficient (Wildman–Crippen LogP) is 1.95. The molecule has 1 aromatic rings. The summed E-state index contributed by atoms with van der Waals surface area (Å²) in [5.41, 5.74) is 8.73. The number of aliphatic hydroxyl groups is 1. The summed E-state index contributed by atoms with van der Waals surface area (Å²) in [6.07, 6.45) is 1.81. The third kappa shape index (κ3) is 2.79. The van der Waals surface area contributed by atoms with Crippen molar-refractivity contribution in [3.8, 4) is 0 Å². The Morgan fingerprint density at radius 2 is 2.24 bits per heavy atom. The number of nitrogens with two attached hydrogens (primary N) is 1. The van der Waals surface area contributed by atoms with Crippen molar-refractivity contribution in [3.05, 3.63) is 29.3 Å². The standard InChI is InChI=1S/C14H22N2O/c1-10-5-6-12(13(15)8-10)14(17)11-4-3-7-16(2)9-11/h5-6,8,11,14,17H,3-4,7,9,15H2,1-2H3. The average molecular weight is 234 g/mol. The topological polar surface area (TPSA) is 49.5 Å². The van der Waals surface area contributed by atoms with E-state index >= 15 is 0 Å². The molecule has 1 aliphatic rings. The maximum atomic E-state index is 10.4. The molecule has 94 valence electrons. The van der Waals surface area contributed by atoms with Crippen molar-refractivity contribution in [2.45, 2.75) is 25.9 Å². The van der Waals surface area contributed by atoms with Gasteiger partial charge in [0, 0.05) is 23.7 Å². The van der Waals surface area contributed by atoms with Gasteiger partial charge in [-0.1, -0.05) is 12.1 Å². The third-order valence-corrected chi connectivity index (χ3v) is 3.67. The van der Waals surface area contributed by atoms with Gasteiger partial charge in [-0.25, -0.2) is 0 Å². The van der Waals surface area contributed by atoms with Gasteiger partial charge in [-0.3, -0.25) is 0 Å². The molecule has 0 saturated carbocycles. The van der Waals surface area contributed by atoms with Crippen LogP contribution < -0.4 is 5.73 Å². The quantitative estimate of drug-likeness (QED) is 0.769. The molecule has 3 N–H and O–H groups in total. The SMILES string of the molecule is Cc1ccc(C(O)C2CCCN(C)C2)c(N)c1. The molecular formula is C14H22N2O. The maximum Gasteiger partial charge on any atom is 0.0850 e. The van der Waals surface area contributed by atoms with E-state index in [1.807, 2.05) is 25.1 Å². The Morgan fingerprint density at radius 1 is 1.47 bits per heavy atom. The molecule has 0 aromatic heterocycles. The number of likely N-dealkylation sites (tertiary alicyclic amines) is 1. The van der Waals surface area contributed by atoms with Gasteiger partial charge in [0.1, 0.15) is 0 Å². The molecule has 2 atom stereocenters. The van der Waals surface area contributed by atoms with Crippen LogP contribution in [0.3, 0.4) is 0 Å². The van der Waals surface area contributed by atoms with Crippen LogP contribution in [0.5, 0.6) is 0 Å². The fourth-order valence-electron chi connectivity index (χ4n) is 2.68. The van der Waals surface area contributed by atoms with Crippen molar-refractivity contribution < 1.29 is 5.11 Å². The molecular weight excluding hydrogens is 212 g/mol. The zero-order valence-corrected chi connectivity index (χ0v) is 10.7. The molecule has 0 aliphatic carbocycles. The van der Waals surface area contributed by atoms with Crippen molar-refractivity contribution >= 4 is 5.69 Å². The highest BCUT2D eigenvalue weighted by atomic mass is 16.3. The van der Waals surface area contributed by atoms with Gasteiger partial charge in [0.2, 0.25) is 0 Å². The van der Waals surface area contributed by atoms with Crippen LogP contribution in [0.2, 0.25) is 0 Å². The van der Waals surface area contributed by atoms with E-state index in [-0.39, 0.29) is 0 Å². The normalized spacial score (nSPS) is 23.6. The Morgan fingerprint density at radius 3 is 2.88 bits per heavy atom. The van der Waals surface area contributed by atoms with E-state index in [0.717, 1.165) is 37.1 Å². The first kappa shape index (κ1) is 12.4. The number of rotatable bonds is 2.